The predicted molar refractivity (Wildman–Crippen MR) is 73.1 cm³/mol. The Hall–Kier alpha value is -1.33. The van der Waals surface area contributed by atoms with E-state index >= 15 is 0 Å². The average Bonchev–Trinajstić information content (AvgIpc) is 2.27. The van der Waals surface area contributed by atoms with Gasteiger partial charge in [0.2, 0.25) is 0 Å². The molecule has 1 aromatic heterocycles. The highest BCUT2D eigenvalue weighted by molar-refractivity contribution is 6.29. The first-order valence-electron chi connectivity index (χ1n) is 6.03. The van der Waals surface area contributed by atoms with Crippen molar-refractivity contribution in [1.82, 2.24) is 10.3 Å². The molecule has 0 aliphatic rings. The first-order valence-corrected chi connectivity index (χ1v) is 6.41. The summed E-state index contributed by atoms with van der Waals surface area (Å²) in [5, 5.41) is 12.1. The van der Waals surface area contributed by atoms with Crippen LogP contribution in [-0.2, 0) is 4.74 Å². The standard InChI is InChI=1S/C13H19ClN2O3/c1-13(2,3)19-12(18)16-10(6-7-17)9-4-5-11(14)15-8-9/h4-5,8,10,17H,6-7H2,1-3H3,(H,16,18)/t10-/m1/s1. The molecular formula is C13H19ClN2O3. The molecule has 0 fully saturated rings. The molecule has 0 radical (unpaired) electrons. The van der Waals surface area contributed by atoms with Crippen molar-refractivity contribution in [3.8, 4) is 0 Å². The van der Waals surface area contributed by atoms with Gasteiger partial charge in [-0.25, -0.2) is 9.78 Å². The Bertz CT molecular complexity index is 415. The number of alkyl carbamates (subject to hydrolysis) is 1. The van der Waals surface area contributed by atoms with Gasteiger partial charge in [0, 0.05) is 12.8 Å². The van der Waals surface area contributed by atoms with Gasteiger partial charge in [-0.05, 0) is 38.8 Å². The van der Waals surface area contributed by atoms with E-state index < -0.39 is 11.7 Å². The Labute approximate surface area is 117 Å². The molecule has 0 saturated carbocycles. The summed E-state index contributed by atoms with van der Waals surface area (Å²) < 4.78 is 5.18. The van der Waals surface area contributed by atoms with Gasteiger partial charge in [0.15, 0.2) is 0 Å². The van der Waals surface area contributed by atoms with Crippen LogP contribution in [0.15, 0.2) is 18.3 Å². The molecule has 0 spiro atoms. The lowest BCUT2D eigenvalue weighted by Gasteiger charge is -2.23. The van der Waals surface area contributed by atoms with E-state index in [-0.39, 0.29) is 12.6 Å². The molecule has 1 rings (SSSR count). The molecule has 1 aromatic rings. The summed E-state index contributed by atoms with van der Waals surface area (Å²) in [4.78, 5) is 15.7. The topological polar surface area (TPSA) is 71.5 Å². The largest absolute Gasteiger partial charge is 0.444 e. The Morgan fingerprint density at radius 3 is 2.68 bits per heavy atom. The van der Waals surface area contributed by atoms with E-state index in [1.165, 1.54) is 0 Å². The van der Waals surface area contributed by atoms with Crippen molar-refractivity contribution in [1.29, 1.82) is 0 Å². The average molecular weight is 287 g/mol. The maximum absolute atomic E-state index is 11.7. The van der Waals surface area contributed by atoms with Crippen LogP contribution in [0.5, 0.6) is 0 Å². The molecule has 0 aromatic carbocycles. The molecule has 106 valence electrons. The number of ether oxygens (including phenoxy) is 1. The number of aliphatic hydroxyl groups is 1. The van der Waals surface area contributed by atoms with E-state index in [4.69, 9.17) is 21.4 Å². The van der Waals surface area contributed by atoms with Gasteiger partial charge in [0.05, 0.1) is 6.04 Å². The van der Waals surface area contributed by atoms with Gasteiger partial charge in [-0.1, -0.05) is 17.7 Å². The van der Waals surface area contributed by atoms with Crippen LogP contribution in [0.3, 0.4) is 0 Å². The zero-order chi connectivity index (χ0) is 14.5. The van der Waals surface area contributed by atoms with Crippen LogP contribution in [0, 0.1) is 0 Å². The zero-order valence-electron chi connectivity index (χ0n) is 11.3. The lowest BCUT2D eigenvalue weighted by molar-refractivity contribution is 0.0496. The number of pyridine rings is 1. The Kier molecular flexibility index (Phi) is 5.57. The summed E-state index contributed by atoms with van der Waals surface area (Å²) in [6, 6.07) is 3.04. The third-order valence-electron chi connectivity index (χ3n) is 2.26. The van der Waals surface area contributed by atoms with Crippen molar-refractivity contribution in [3.05, 3.63) is 29.0 Å². The normalized spacial score (nSPS) is 12.9. The van der Waals surface area contributed by atoms with Crippen molar-refractivity contribution >= 4 is 17.7 Å². The van der Waals surface area contributed by atoms with E-state index in [0.29, 0.717) is 11.6 Å². The molecule has 0 bridgehead atoms. The van der Waals surface area contributed by atoms with Crippen molar-refractivity contribution in [2.24, 2.45) is 0 Å². The summed E-state index contributed by atoms with van der Waals surface area (Å²) in [5.41, 5.74) is 0.204. The van der Waals surface area contributed by atoms with Gasteiger partial charge in [-0.2, -0.15) is 0 Å². The van der Waals surface area contributed by atoms with Crippen LogP contribution < -0.4 is 5.32 Å². The number of hydrogen-bond acceptors (Lipinski definition) is 4. The number of nitrogens with one attached hydrogen (secondary N) is 1. The third-order valence-corrected chi connectivity index (χ3v) is 2.48. The van der Waals surface area contributed by atoms with Crippen molar-refractivity contribution in [2.75, 3.05) is 6.61 Å². The van der Waals surface area contributed by atoms with Crippen LogP contribution in [0.4, 0.5) is 4.79 Å². The maximum atomic E-state index is 11.7. The number of nitrogens with zero attached hydrogens (tertiary/aromatic N) is 1. The van der Waals surface area contributed by atoms with Gasteiger partial charge < -0.3 is 15.2 Å². The molecular weight excluding hydrogens is 268 g/mol. The van der Waals surface area contributed by atoms with E-state index in [1.54, 1.807) is 39.1 Å². The summed E-state index contributed by atoms with van der Waals surface area (Å²) >= 11 is 5.71. The SMILES string of the molecule is CC(C)(C)OC(=O)N[C@H](CCO)c1ccc(Cl)nc1. The van der Waals surface area contributed by atoms with Crippen molar-refractivity contribution in [3.63, 3.8) is 0 Å². The minimum atomic E-state index is -0.563. The molecule has 19 heavy (non-hydrogen) atoms. The number of halogens is 1. The van der Waals surface area contributed by atoms with Crippen LogP contribution in [-0.4, -0.2) is 28.4 Å². The number of aliphatic hydroxyl groups excluding tert-OH is 1. The van der Waals surface area contributed by atoms with Gasteiger partial charge >= 0.3 is 6.09 Å². The monoisotopic (exact) mass is 286 g/mol. The van der Waals surface area contributed by atoms with Crippen LogP contribution in [0.2, 0.25) is 5.15 Å². The van der Waals surface area contributed by atoms with Gasteiger partial charge in [-0.3, -0.25) is 0 Å². The third kappa shape index (κ3) is 5.89. The van der Waals surface area contributed by atoms with Crippen LogP contribution >= 0.6 is 11.6 Å². The first-order chi connectivity index (χ1) is 8.81. The first kappa shape index (κ1) is 15.7. The summed E-state index contributed by atoms with van der Waals surface area (Å²) in [6.45, 7) is 5.31. The predicted octanol–water partition coefficient (Wildman–Crippen LogP) is 2.68. The molecule has 0 unspecified atom stereocenters. The number of rotatable bonds is 4. The lowest BCUT2D eigenvalue weighted by Crippen LogP contribution is -2.35. The highest BCUT2D eigenvalue weighted by atomic mass is 35.5. The fraction of sp³-hybridized carbons (Fsp3) is 0.538. The molecule has 6 heteroatoms. The fourth-order valence-electron chi connectivity index (χ4n) is 1.49. The Balaban J connectivity index is 2.73. The van der Waals surface area contributed by atoms with Crippen molar-refractivity contribution in [2.45, 2.75) is 38.8 Å². The minimum Gasteiger partial charge on any atom is -0.444 e. The number of carbonyl (C=O) groups is 1. The molecule has 5 nitrogen and oxygen atoms in total. The Morgan fingerprint density at radius 1 is 1.53 bits per heavy atom. The summed E-state index contributed by atoms with van der Waals surface area (Å²) in [5.74, 6) is 0. The molecule has 2 N–H and O–H groups in total. The van der Waals surface area contributed by atoms with Crippen LogP contribution in [0.25, 0.3) is 0 Å². The van der Waals surface area contributed by atoms with Crippen LogP contribution in [0.1, 0.15) is 38.8 Å². The molecule has 0 aliphatic carbocycles. The fourth-order valence-corrected chi connectivity index (χ4v) is 1.61. The molecule has 0 saturated heterocycles. The van der Waals surface area contributed by atoms with E-state index in [1.807, 2.05) is 0 Å². The highest BCUT2D eigenvalue weighted by Gasteiger charge is 2.20. The number of carbonyl (C=O) groups excluding carboxylic acids is 1. The molecule has 1 amide bonds. The second-order valence-electron chi connectivity index (χ2n) is 5.13. The van der Waals surface area contributed by atoms with Gasteiger partial charge in [0.1, 0.15) is 10.8 Å². The quantitative estimate of drug-likeness (QED) is 0.835. The lowest BCUT2D eigenvalue weighted by atomic mass is 10.1. The number of aromatic nitrogens is 1. The summed E-state index contributed by atoms with van der Waals surface area (Å²) in [6.07, 6.45) is 1.42. The second-order valence-corrected chi connectivity index (χ2v) is 5.51. The minimum absolute atomic E-state index is 0.0525. The molecule has 1 heterocycles. The molecule has 0 aliphatic heterocycles. The summed E-state index contributed by atoms with van der Waals surface area (Å²) in [7, 11) is 0. The highest BCUT2D eigenvalue weighted by Crippen LogP contribution is 2.18. The Morgan fingerprint density at radius 2 is 2.21 bits per heavy atom. The molecule has 1 atom stereocenters. The number of hydrogen-bond donors (Lipinski definition) is 2. The smallest absolute Gasteiger partial charge is 0.408 e. The second kappa shape index (κ2) is 6.73. The van der Waals surface area contributed by atoms with E-state index in [0.717, 1.165) is 5.56 Å². The van der Waals surface area contributed by atoms with Gasteiger partial charge in [-0.15, -0.1) is 0 Å². The number of amides is 1. The van der Waals surface area contributed by atoms with Crippen molar-refractivity contribution < 1.29 is 14.6 Å². The van der Waals surface area contributed by atoms with Gasteiger partial charge in [0.25, 0.3) is 0 Å². The van der Waals surface area contributed by atoms with E-state index in [9.17, 15) is 4.79 Å². The van der Waals surface area contributed by atoms with E-state index in [2.05, 4.69) is 10.3 Å². The zero-order valence-corrected chi connectivity index (χ0v) is 12.1. The maximum Gasteiger partial charge on any atom is 0.408 e.